The van der Waals surface area contributed by atoms with Crippen molar-refractivity contribution in [3.8, 4) is 11.8 Å². The Morgan fingerprint density at radius 1 is 1.05 bits per heavy atom. The van der Waals surface area contributed by atoms with Gasteiger partial charge in [-0.05, 0) is 102 Å². The number of aromatic carboxylic acids is 1. The number of aliphatic hydroxyl groups excluding tert-OH is 1. The lowest BCUT2D eigenvalue weighted by Crippen LogP contribution is -2.49. The third-order valence-corrected chi connectivity index (χ3v) is 14.9. The molecule has 0 unspecified atom stereocenters. The summed E-state index contributed by atoms with van der Waals surface area (Å²) in [6, 6.07) is 1.77. The monoisotopic (exact) mass is 589 g/mol. The molecule has 2 saturated carbocycles. The molecule has 224 valence electrons. The third kappa shape index (κ3) is 8.21. The van der Waals surface area contributed by atoms with Crippen molar-refractivity contribution in [2.45, 2.75) is 130 Å². The van der Waals surface area contributed by atoms with Crippen molar-refractivity contribution in [3.05, 3.63) is 15.8 Å². The summed E-state index contributed by atoms with van der Waals surface area (Å²) < 4.78 is 6.72. The van der Waals surface area contributed by atoms with Gasteiger partial charge in [-0.25, -0.2) is 4.79 Å². The van der Waals surface area contributed by atoms with Gasteiger partial charge in [-0.3, -0.25) is 4.79 Å². The number of amides is 1. The predicted octanol–water partition coefficient (Wildman–Crippen LogP) is 7.70. The molecule has 40 heavy (non-hydrogen) atoms. The highest BCUT2D eigenvalue weighted by Gasteiger charge is 2.42. The zero-order valence-electron chi connectivity index (χ0n) is 25.9. The number of hydrogen-bond acceptors (Lipinski definition) is 5. The van der Waals surface area contributed by atoms with Crippen LogP contribution in [0.1, 0.15) is 114 Å². The topological polar surface area (TPSA) is 87.1 Å². The molecule has 6 nitrogen and oxygen atoms in total. The first-order valence-corrected chi connectivity index (χ1v) is 18.8. The van der Waals surface area contributed by atoms with E-state index in [1.165, 1.54) is 0 Å². The lowest BCUT2D eigenvalue weighted by atomic mass is 9.81. The number of rotatable bonds is 8. The summed E-state index contributed by atoms with van der Waals surface area (Å²) in [4.78, 5) is 29.3. The summed E-state index contributed by atoms with van der Waals surface area (Å²) in [6.07, 6.45) is 7.84. The molecule has 3 rings (SSSR count). The number of carboxylic acids is 1. The van der Waals surface area contributed by atoms with Gasteiger partial charge in [-0.2, -0.15) is 0 Å². The van der Waals surface area contributed by atoms with Gasteiger partial charge in [0.25, 0.3) is 0 Å². The fourth-order valence-corrected chi connectivity index (χ4v) is 7.83. The number of aliphatic hydroxyl groups is 1. The van der Waals surface area contributed by atoms with E-state index < -0.39 is 14.3 Å². The summed E-state index contributed by atoms with van der Waals surface area (Å²) in [7, 11) is -1.90. The van der Waals surface area contributed by atoms with E-state index in [2.05, 4.69) is 52.6 Å². The van der Waals surface area contributed by atoms with Gasteiger partial charge in [0.2, 0.25) is 5.91 Å². The second-order valence-corrected chi connectivity index (χ2v) is 20.0. The first kappa shape index (κ1) is 32.8. The molecule has 8 heteroatoms. The molecule has 2 aliphatic carbocycles. The highest BCUT2D eigenvalue weighted by atomic mass is 32.1. The van der Waals surface area contributed by atoms with Gasteiger partial charge in [-0.15, -0.1) is 11.3 Å². The Bertz CT molecular complexity index is 1090. The van der Waals surface area contributed by atoms with Crippen LogP contribution in [-0.4, -0.2) is 49.2 Å². The van der Waals surface area contributed by atoms with E-state index in [-0.39, 0.29) is 45.9 Å². The van der Waals surface area contributed by atoms with E-state index in [9.17, 15) is 19.8 Å². The van der Waals surface area contributed by atoms with Crippen LogP contribution in [0.3, 0.4) is 0 Å². The zero-order chi connectivity index (χ0) is 29.9. The third-order valence-electron chi connectivity index (χ3n) is 9.31. The highest BCUT2D eigenvalue weighted by Crippen LogP contribution is 2.42. The van der Waals surface area contributed by atoms with Crippen molar-refractivity contribution in [3.63, 3.8) is 0 Å². The van der Waals surface area contributed by atoms with Gasteiger partial charge in [0.1, 0.15) is 4.88 Å². The second-order valence-electron chi connectivity index (χ2n) is 14.2. The normalized spacial score (nSPS) is 24.2. The van der Waals surface area contributed by atoms with Gasteiger partial charge in [0.05, 0.1) is 10.6 Å². The Kier molecular flexibility index (Phi) is 10.8. The molecule has 2 aliphatic rings. The van der Waals surface area contributed by atoms with Crippen LogP contribution in [0.25, 0.3) is 0 Å². The van der Waals surface area contributed by atoms with Crippen molar-refractivity contribution >= 4 is 37.2 Å². The first-order valence-electron chi connectivity index (χ1n) is 15.1. The standard InChI is InChI=1S/C32H51NO5SSi/c1-22-9-11-23(12-10-22)29(35)33(24-13-15-25(16-14-24)38-40(7,8)31(2,3)4)27-21-26(39-28(27)30(36)37)17-18-32(5,6)19-20-34/h21-25,34H,9-16,19-20H2,1-8H3,(H,36,37)/t22-,23-,24?,25?. The van der Waals surface area contributed by atoms with Crippen molar-refractivity contribution in [2.75, 3.05) is 11.5 Å². The number of nitrogens with zero attached hydrogens (tertiary/aromatic N) is 1. The molecule has 0 atom stereocenters. The Balaban J connectivity index is 1.93. The molecule has 1 aromatic heterocycles. The van der Waals surface area contributed by atoms with Crippen molar-refractivity contribution < 1.29 is 24.2 Å². The highest BCUT2D eigenvalue weighted by molar-refractivity contribution is 7.15. The van der Waals surface area contributed by atoms with Crippen LogP contribution in [0.5, 0.6) is 0 Å². The zero-order valence-corrected chi connectivity index (χ0v) is 27.7. The maximum atomic E-state index is 14.2. The second kappa shape index (κ2) is 13.1. The molecule has 0 aromatic carbocycles. The van der Waals surface area contributed by atoms with Crippen molar-refractivity contribution in [1.29, 1.82) is 0 Å². The minimum absolute atomic E-state index is 0.0435. The lowest BCUT2D eigenvalue weighted by molar-refractivity contribution is -0.124. The van der Waals surface area contributed by atoms with Crippen LogP contribution in [0.2, 0.25) is 18.1 Å². The quantitative estimate of drug-likeness (QED) is 0.240. The van der Waals surface area contributed by atoms with E-state index in [1.807, 2.05) is 24.8 Å². The molecular formula is C32H51NO5SSi. The van der Waals surface area contributed by atoms with E-state index >= 15 is 0 Å². The maximum Gasteiger partial charge on any atom is 0.348 e. The Morgan fingerprint density at radius 2 is 1.65 bits per heavy atom. The fraction of sp³-hybridized carbons (Fsp3) is 0.750. The van der Waals surface area contributed by atoms with Crippen LogP contribution in [0.4, 0.5) is 5.69 Å². The average Bonchev–Trinajstić information content (AvgIpc) is 3.28. The molecule has 1 amide bonds. The molecule has 1 heterocycles. The van der Waals surface area contributed by atoms with Crippen molar-refractivity contribution in [1.82, 2.24) is 0 Å². The molecule has 0 saturated heterocycles. The number of carbonyl (C=O) groups is 2. The number of carbonyl (C=O) groups excluding carboxylic acids is 1. The van der Waals surface area contributed by atoms with Crippen LogP contribution >= 0.6 is 11.3 Å². The lowest BCUT2D eigenvalue weighted by Gasteiger charge is -2.43. The van der Waals surface area contributed by atoms with E-state index in [4.69, 9.17) is 4.43 Å². The van der Waals surface area contributed by atoms with E-state index in [1.54, 1.807) is 0 Å². The van der Waals surface area contributed by atoms with E-state index in [0.29, 0.717) is 22.9 Å². The van der Waals surface area contributed by atoms with Crippen LogP contribution in [-0.2, 0) is 9.22 Å². The number of thiophene rings is 1. The maximum absolute atomic E-state index is 14.2. The Hall–Kier alpha value is -1.66. The van der Waals surface area contributed by atoms with E-state index in [0.717, 1.165) is 62.7 Å². The first-order chi connectivity index (χ1) is 18.5. The molecule has 2 N–H and O–H groups in total. The SMILES string of the molecule is CC(C)(C#Cc1cc(N(C(=O)[C@H]2CC[C@H](C)CC2)C2CCC(O[Si](C)(C)C(C)(C)C)CC2)c(C(=O)O)s1)CCO. The Morgan fingerprint density at radius 3 is 2.17 bits per heavy atom. The summed E-state index contributed by atoms with van der Waals surface area (Å²) in [6.45, 7) is 17.6. The van der Waals surface area contributed by atoms with Crippen LogP contribution in [0.15, 0.2) is 6.07 Å². The molecule has 0 radical (unpaired) electrons. The molecule has 0 aliphatic heterocycles. The number of anilines is 1. The molecule has 1 aromatic rings. The average molecular weight is 590 g/mol. The van der Waals surface area contributed by atoms with Crippen LogP contribution < -0.4 is 4.90 Å². The summed E-state index contributed by atoms with van der Waals surface area (Å²) >= 11 is 1.15. The molecule has 2 fully saturated rings. The van der Waals surface area contributed by atoms with Crippen molar-refractivity contribution in [2.24, 2.45) is 17.3 Å². The van der Waals surface area contributed by atoms with Gasteiger partial charge >= 0.3 is 5.97 Å². The number of hydrogen-bond donors (Lipinski definition) is 2. The number of carboxylic acid groups (broad SMARTS) is 1. The predicted molar refractivity (Wildman–Crippen MR) is 167 cm³/mol. The molecular weight excluding hydrogens is 539 g/mol. The van der Waals surface area contributed by atoms with Gasteiger partial charge in [-0.1, -0.05) is 39.5 Å². The summed E-state index contributed by atoms with van der Waals surface area (Å²) in [5, 5.41) is 19.7. The minimum Gasteiger partial charge on any atom is -0.477 e. The largest absolute Gasteiger partial charge is 0.477 e. The minimum atomic E-state index is -1.90. The fourth-order valence-electron chi connectivity index (χ4n) is 5.56. The van der Waals surface area contributed by atoms with Gasteiger partial charge in [0, 0.05) is 30.1 Å². The Labute approximate surface area is 247 Å². The van der Waals surface area contributed by atoms with Gasteiger partial charge < -0.3 is 19.5 Å². The molecule has 0 bridgehead atoms. The summed E-state index contributed by atoms with van der Waals surface area (Å²) in [5.74, 6) is 5.96. The summed E-state index contributed by atoms with van der Waals surface area (Å²) in [5.41, 5.74) is 0.109. The smallest absolute Gasteiger partial charge is 0.348 e. The van der Waals surface area contributed by atoms with Crippen LogP contribution in [0, 0.1) is 29.1 Å². The van der Waals surface area contributed by atoms with Gasteiger partial charge in [0.15, 0.2) is 8.32 Å². The molecule has 0 spiro atoms.